The lowest BCUT2D eigenvalue weighted by Crippen LogP contribution is -2.38. The molecule has 1 rings (SSSR count). The number of ether oxygens (including phenoxy) is 1. The molecule has 0 bridgehead atoms. The minimum atomic E-state index is -0.471. The van der Waals surface area contributed by atoms with Gasteiger partial charge in [-0.15, -0.1) is 0 Å². The van der Waals surface area contributed by atoms with Gasteiger partial charge in [0.05, 0.1) is 0 Å². The molecule has 1 amide bonds. The topological polar surface area (TPSA) is 53.6 Å². The van der Waals surface area contributed by atoms with Gasteiger partial charge in [0.1, 0.15) is 5.60 Å². The van der Waals surface area contributed by atoms with E-state index in [0.29, 0.717) is 6.54 Å². The van der Waals surface area contributed by atoms with Crippen molar-refractivity contribution < 1.29 is 9.53 Å². The normalized spacial score (nSPS) is 12.9. The quantitative estimate of drug-likeness (QED) is 0.848. The van der Waals surface area contributed by atoms with Gasteiger partial charge in [-0.05, 0) is 59.5 Å². The molecule has 0 saturated carbocycles. The van der Waals surface area contributed by atoms with Crippen molar-refractivity contribution in [3.05, 3.63) is 29.8 Å². The van der Waals surface area contributed by atoms with Crippen molar-refractivity contribution in [1.82, 2.24) is 10.2 Å². The van der Waals surface area contributed by atoms with E-state index in [4.69, 9.17) is 4.74 Å². The Balaban J connectivity index is 2.45. The minimum Gasteiger partial charge on any atom is -0.444 e. The number of anilines is 1. The zero-order valence-electron chi connectivity index (χ0n) is 14.6. The van der Waals surface area contributed by atoms with Crippen LogP contribution in [0.15, 0.2) is 24.3 Å². The van der Waals surface area contributed by atoms with Gasteiger partial charge < -0.3 is 20.3 Å². The van der Waals surface area contributed by atoms with E-state index in [9.17, 15) is 4.79 Å². The fraction of sp³-hybridized carbons (Fsp3) is 0.588. The SMILES string of the molecule is CC(CNC(=O)OC(C)(C)C)Nc1cccc(CN(C)C)c1. The monoisotopic (exact) mass is 307 g/mol. The summed E-state index contributed by atoms with van der Waals surface area (Å²) < 4.78 is 5.22. The first-order chi connectivity index (χ1) is 10.2. The Morgan fingerprint density at radius 2 is 2.00 bits per heavy atom. The number of hydrogen-bond acceptors (Lipinski definition) is 4. The Morgan fingerprint density at radius 3 is 2.59 bits per heavy atom. The van der Waals surface area contributed by atoms with E-state index in [2.05, 4.69) is 27.7 Å². The van der Waals surface area contributed by atoms with Gasteiger partial charge in [-0.1, -0.05) is 12.1 Å². The molecule has 5 nitrogen and oxygen atoms in total. The number of alkyl carbamates (subject to hydrolysis) is 1. The highest BCUT2D eigenvalue weighted by Gasteiger charge is 2.16. The third-order valence-electron chi connectivity index (χ3n) is 2.79. The summed E-state index contributed by atoms with van der Waals surface area (Å²) in [6.07, 6.45) is -0.387. The molecule has 22 heavy (non-hydrogen) atoms. The lowest BCUT2D eigenvalue weighted by molar-refractivity contribution is 0.0526. The van der Waals surface area contributed by atoms with Crippen LogP contribution in [-0.2, 0) is 11.3 Å². The number of rotatable bonds is 6. The van der Waals surface area contributed by atoms with Crippen LogP contribution in [0.4, 0.5) is 10.5 Å². The molecule has 0 spiro atoms. The van der Waals surface area contributed by atoms with Crippen molar-refractivity contribution in [2.24, 2.45) is 0 Å². The first kappa shape index (κ1) is 18.3. The zero-order chi connectivity index (χ0) is 16.8. The second-order valence-corrected chi connectivity index (χ2v) is 6.87. The number of nitrogens with one attached hydrogen (secondary N) is 2. The molecule has 1 atom stereocenters. The molecule has 1 aromatic carbocycles. The summed E-state index contributed by atoms with van der Waals surface area (Å²) >= 11 is 0. The van der Waals surface area contributed by atoms with Gasteiger partial charge in [0.2, 0.25) is 0 Å². The van der Waals surface area contributed by atoms with Crippen LogP contribution in [0.5, 0.6) is 0 Å². The molecule has 1 aromatic rings. The Labute approximate surface area is 134 Å². The molecule has 0 aromatic heterocycles. The predicted octanol–water partition coefficient (Wildman–Crippen LogP) is 3.07. The van der Waals surface area contributed by atoms with Gasteiger partial charge in [-0.2, -0.15) is 0 Å². The minimum absolute atomic E-state index is 0.113. The first-order valence-electron chi connectivity index (χ1n) is 7.63. The number of amides is 1. The highest BCUT2D eigenvalue weighted by molar-refractivity contribution is 5.67. The van der Waals surface area contributed by atoms with Crippen LogP contribution in [-0.4, -0.2) is 43.3 Å². The van der Waals surface area contributed by atoms with E-state index in [1.165, 1.54) is 5.56 Å². The molecule has 0 heterocycles. The molecule has 1 unspecified atom stereocenters. The highest BCUT2D eigenvalue weighted by Crippen LogP contribution is 2.13. The van der Waals surface area contributed by atoms with Gasteiger partial charge in [0.25, 0.3) is 0 Å². The van der Waals surface area contributed by atoms with Crippen LogP contribution in [0.2, 0.25) is 0 Å². The summed E-state index contributed by atoms with van der Waals surface area (Å²) in [5.41, 5.74) is 1.83. The van der Waals surface area contributed by atoms with Gasteiger partial charge in [-0.3, -0.25) is 0 Å². The number of benzene rings is 1. The summed E-state index contributed by atoms with van der Waals surface area (Å²) in [6.45, 7) is 8.99. The number of carbonyl (C=O) groups is 1. The largest absolute Gasteiger partial charge is 0.444 e. The van der Waals surface area contributed by atoms with E-state index < -0.39 is 5.60 Å². The summed E-state index contributed by atoms with van der Waals surface area (Å²) in [4.78, 5) is 13.8. The van der Waals surface area contributed by atoms with Crippen molar-refractivity contribution in [3.8, 4) is 0 Å². The maximum Gasteiger partial charge on any atom is 0.407 e. The second-order valence-electron chi connectivity index (χ2n) is 6.87. The van der Waals surface area contributed by atoms with Crippen molar-refractivity contribution in [1.29, 1.82) is 0 Å². The fourth-order valence-electron chi connectivity index (χ4n) is 2.01. The number of nitrogens with zero attached hydrogens (tertiary/aromatic N) is 1. The van der Waals surface area contributed by atoms with E-state index in [0.717, 1.165) is 12.2 Å². The Bertz CT molecular complexity index is 481. The van der Waals surface area contributed by atoms with Crippen LogP contribution in [0.1, 0.15) is 33.3 Å². The molecule has 5 heteroatoms. The van der Waals surface area contributed by atoms with E-state index in [-0.39, 0.29) is 12.1 Å². The molecule has 0 aliphatic carbocycles. The first-order valence-corrected chi connectivity index (χ1v) is 7.63. The number of hydrogen-bond donors (Lipinski definition) is 2. The molecule has 0 saturated heterocycles. The summed E-state index contributed by atoms with van der Waals surface area (Å²) in [7, 11) is 4.10. The lowest BCUT2D eigenvalue weighted by atomic mass is 10.2. The second kappa shape index (κ2) is 8.03. The van der Waals surface area contributed by atoms with Crippen LogP contribution in [0.3, 0.4) is 0 Å². The third-order valence-corrected chi connectivity index (χ3v) is 2.79. The van der Waals surface area contributed by atoms with Crippen LogP contribution < -0.4 is 10.6 Å². The molecule has 124 valence electrons. The molecule has 0 fully saturated rings. The van der Waals surface area contributed by atoms with E-state index >= 15 is 0 Å². The third kappa shape index (κ3) is 7.88. The predicted molar refractivity (Wildman–Crippen MR) is 91.2 cm³/mol. The Hall–Kier alpha value is -1.75. The lowest BCUT2D eigenvalue weighted by Gasteiger charge is -2.21. The van der Waals surface area contributed by atoms with E-state index in [1.54, 1.807) is 0 Å². The Morgan fingerprint density at radius 1 is 1.32 bits per heavy atom. The maximum absolute atomic E-state index is 11.6. The number of carbonyl (C=O) groups excluding carboxylic acids is 1. The molecule has 0 aliphatic rings. The van der Waals surface area contributed by atoms with Gasteiger partial charge in [-0.25, -0.2) is 4.79 Å². The standard InChI is InChI=1S/C17H29N3O2/c1-13(11-18-16(21)22-17(2,3)4)19-15-9-7-8-14(10-15)12-20(5)6/h7-10,13,19H,11-12H2,1-6H3,(H,18,21). The summed E-state index contributed by atoms with van der Waals surface area (Å²) in [5.74, 6) is 0. The van der Waals surface area contributed by atoms with Crippen molar-refractivity contribution in [3.63, 3.8) is 0 Å². The smallest absolute Gasteiger partial charge is 0.407 e. The van der Waals surface area contributed by atoms with Crippen LogP contribution in [0.25, 0.3) is 0 Å². The summed E-state index contributed by atoms with van der Waals surface area (Å²) in [5, 5.41) is 6.16. The zero-order valence-corrected chi connectivity index (χ0v) is 14.6. The van der Waals surface area contributed by atoms with Gasteiger partial charge in [0, 0.05) is 24.8 Å². The molecular formula is C17H29N3O2. The van der Waals surface area contributed by atoms with Crippen LogP contribution in [0, 0.1) is 0 Å². The van der Waals surface area contributed by atoms with Gasteiger partial charge >= 0.3 is 6.09 Å². The van der Waals surface area contributed by atoms with Gasteiger partial charge in [0.15, 0.2) is 0 Å². The van der Waals surface area contributed by atoms with Crippen molar-refractivity contribution in [2.75, 3.05) is 26.0 Å². The van der Waals surface area contributed by atoms with E-state index in [1.807, 2.05) is 53.9 Å². The molecule has 2 N–H and O–H groups in total. The van der Waals surface area contributed by atoms with Crippen molar-refractivity contribution >= 4 is 11.8 Å². The maximum atomic E-state index is 11.6. The van der Waals surface area contributed by atoms with Crippen molar-refractivity contribution in [2.45, 2.75) is 45.9 Å². The average molecular weight is 307 g/mol. The molecule has 0 aliphatic heterocycles. The molecule has 0 radical (unpaired) electrons. The Kier molecular flexibility index (Phi) is 6.68. The molecular weight excluding hydrogens is 278 g/mol. The fourth-order valence-corrected chi connectivity index (χ4v) is 2.01. The summed E-state index contributed by atoms with van der Waals surface area (Å²) in [6, 6.07) is 8.42. The average Bonchev–Trinajstić information content (AvgIpc) is 2.34. The highest BCUT2D eigenvalue weighted by atomic mass is 16.6. The van der Waals surface area contributed by atoms with Crippen LogP contribution >= 0.6 is 0 Å².